The Bertz CT molecular complexity index is 723. The number of amides is 2. The highest BCUT2D eigenvalue weighted by molar-refractivity contribution is 5.75. The zero-order chi connectivity index (χ0) is 17.2. The van der Waals surface area contributed by atoms with Gasteiger partial charge in [-0.05, 0) is 38.2 Å². The molecule has 0 bridgehead atoms. The van der Waals surface area contributed by atoms with Crippen LogP contribution in [0.1, 0.15) is 68.5 Å². The summed E-state index contributed by atoms with van der Waals surface area (Å²) < 4.78 is 1.95. The maximum Gasteiger partial charge on any atom is 0.318 e. The van der Waals surface area contributed by atoms with E-state index >= 15 is 0 Å². The van der Waals surface area contributed by atoms with Crippen LogP contribution in [0.3, 0.4) is 0 Å². The molecule has 2 amide bonds. The van der Waals surface area contributed by atoms with E-state index in [9.17, 15) is 4.79 Å². The van der Waals surface area contributed by atoms with E-state index in [2.05, 4.69) is 32.5 Å². The lowest BCUT2D eigenvalue weighted by atomic mass is 10.00. The van der Waals surface area contributed by atoms with E-state index in [-0.39, 0.29) is 18.1 Å². The molecule has 0 aromatic carbocycles. The van der Waals surface area contributed by atoms with Crippen molar-refractivity contribution in [2.45, 2.75) is 64.1 Å². The zero-order valence-corrected chi connectivity index (χ0v) is 14.6. The van der Waals surface area contributed by atoms with E-state index in [1.807, 2.05) is 15.6 Å². The topological polar surface area (TPSA) is 91.7 Å². The van der Waals surface area contributed by atoms with Crippen molar-refractivity contribution in [1.82, 2.24) is 35.2 Å². The second-order valence-corrected chi connectivity index (χ2v) is 6.82. The Hall–Kier alpha value is -2.38. The number of carbonyl (C=O) groups is 1. The third-order valence-corrected chi connectivity index (χ3v) is 5.18. The highest BCUT2D eigenvalue weighted by Gasteiger charge is 2.32. The molecule has 134 valence electrons. The molecule has 25 heavy (non-hydrogen) atoms. The van der Waals surface area contributed by atoms with Crippen molar-refractivity contribution >= 4 is 6.03 Å². The van der Waals surface area contributed by atoms with Crippen molar-refractivity contribution in [3.05, 3.63) is 29.6 Å². The minimum atomic E-state index is -0.0570. The summed E-state index contributed by atoms with van der Waals surface area (Å²) in [6.45, 7) is 3.71. The van der Waals surface area contributed by atoms with Gasteiger partial charge in [-0.1, -0.05) is 6.92 Å². The Balaban J connectivity index is 1.51. The highest BCUT2D eigenvalue weighted by atomic mass is 16.2. The Morgan fingerprint density at radius 3 is 3.04 bits per heavy atom. The molecule has 4 heterocycles. The lowest BCUT2D eigenvalue weighted by molar-refractivity contribution is 0.144. The van der Waals surface area contributed by atoms with Gasteiger partial charge in [0.05, 0.1) is 17.8 Å². The van der Waals surface area contributed by atoms with Gasteiger partial charge in [-0.25, -0.2) is 14.5 Å². The van der Waals surface area contributed by atoms with Crippen LogP contribution < -0.4 is 5.32 Å². The number of aromatic nitrogens is 5. The van der Waals surface area contributed by atoms with Gasteiger partial charge in [0.15, 0.2) is 5.82 Å². The summed E-state index contributed by atoms with van der Waals surface area (Å²) in [6, 6.07) is 1.96. The van der Waals surface area contributed by atoms with Gasteiger partial charge in [-0.15, -0.1) is 0 Å². The minimum Gasteiger partial charge on any atom is -0.328 e. The molecule has 0 aliphatic carbocycles. The largest absolute Gasteiger partial charge is 0.328 e. The van der Waals surface area contributed by atoms with Gasteiger partial charge < -0.3 is 10.2 Å². The van der Waals surface area contributed by atoms with Crippen LogP contribution in [-0.4, -0.2) is 42.4 Å². The van der Waals surface area contributed by atoms with Crippen LogP contribution in [0.4, 0.5) is 4.79 Å². The number of fused-ring (bicyclic) bond motifs is 1. The second kappa shape index (κ2) is 6.85. The molecule has 0 radical (unpaired) electrons. The molecule has 2 aliphatic heterocycles. The van der Waals surface area contributed by atoms with Crippen LogP contribution in [-0.2, 0) is 13.0 Å². The average Bonchev–Trinajstić information content (AvgIpc) is 3.31. The molecule has 2 aromatic heterocycles. The Morgan fingerprint density at radius 2 is 2.24 bits per heavy atom. The Labute approximate surface area is 147 Å². The summed E-state index contributed by atoms with van der Waals surface area (Å²) in [5.74, 6) is 1.75. The number of aryl methyl sites for hydroxylation is 2. The van der Waals surface area contributed by atoms with Crippen LogP contribution in [0.2, 0.25) is 0 Å². The monoisotopic (exact) mass is 343 g/mol. The zero-order valence-electron chi connectivity index (χ0n) is 14.6. The van der Waals surface area contributed by atoms with Crippen molar-refractivity contribution in [2.75, 3.05) is 6.54 Å². The number of nitrogens with zero attached hydrogens (tertiary/aromatic N) is 5. The number of nitrogens with one attached hydrogen (secondary N) is 2. The summed E-state index contributed by atoms with van der Waals surface area (Å²) in [6.07, 6.45) is 7.62. The molecule has 0 spiro atoms. The molecule has 2 aliphatic rings. The molecule has 2 N–H and O–H groups in total. The molecule has 2 unspecified atom stereocenters. The smallest absolute Gasteiger partial charge is 0.318 e. The predicted octanol–water partition coefficient (Wildman–Crippen LogP) is 2.34. The quantitative estimate of drug-likeness (QED) is 0.895. The van der Waals surface area contributed by atoms with Crippen molar-refractivity contribution in [3.63, 3.8) is 0 Å². The molecule has 2 atom stereocenters. The second-order valence-electron chi connectivity index (χ2n) is 6.82. The molecule has 8 heteroatoms. The fraction of sp³-hybridized carbons (Fsp3) is 0.647. The summed E-state index contributed by atoms with van der Waals surface area (Å²) in [5.41, 5.74) is 1.01. The molecular formula is C17H25N7O. The number of urea groups is 1. The Kier molecular flexibility index (Phi) is 4.42. The normalized spacial score (nSPS) is 23.3. The maximum atomic E-state index is 13.0. The molecule has 2 aromatic rings. The van der Waals surface area contributed by atoms with E-state index in [4.69, 9.17) is 0 Å². The summed E-state index contributed by atoms with van der Waals surface area (Å²) in [4.78, 5) is 19.5. The number of rotatable bonds is 3. The van der Waals surface area contributed by atoms with Crippen LogP contribution >= 0.6 is 0 Å². The third-order valence-electron chi connectivity index (χ3n) is 5.18. The number of hydrogen-bond acceptors (Lipinski definition) is 4. The summed E-state index contributed by atoms with van der Waals surface area (Å²) >= 11 is 0. The van der Waals surface area contributed by atoms with Crippen molar-refractivity contribution < 1.29 is 4.79 Å². The fourth-order valence-electron chi connectivity index (χ4n) is 3.87. The van der Waals surface area contributed by atoms with E-state index in [1.165, 1.54) is 0 Å². The van der Waals surface area contributed by atoms with Gasteiger partial charge in [-0.3, -0.25) is 5.10 Å². The van der Waals surface area contributed by atoms with Crippen molar-refractivity contribution in [1.29, 1.82) is 0 Å². The summed E-state index contributed by atoms with van der Waals surface area (Å²) in [5, 5.41) is 14.8. The highest BCUT2D eigenvalue weighted by Crippen LogP contribution is 2.31. The predicted molar refractivity (Wildman–Crippen MR) is 91.8 cm³/mol. The lowest BCUT2D eigenvalue weighted by Crippen LogP contribution is -2.46. The third kappa shape index (κ3) is 3.12. The first-order valence-corrected chi connectivity index (χ1v) is 9.26. The van der Waals surface area contributed by atoms with Crippen molar-refractivity contribution in [3.8, 4) is 0 Å². The van der Waals surface area contributed by atoms with E-state index < -0.39 is 0 Å². The van der Waals surface area contributed by atoms with E-state index in [0.717, 1.165) is 69.0 Å². The molecule has 8 nitrogen and oxygen atoms in total. The number of likely N-dealkylation sites (tertiary alicyclic amines) is 1. The Morgan fingerprint density at radius 1 is 1.32 bits per heavy atom. The first kappa shape index (κ1) is 16.1. The van der Waals surface area contributed by atoms with Gasteiger partial charge in [-0.2, -0.15) is 10.2 Å². The van der Waals surface area contributed by atoms with E-state index in [0.29, 0.717) is 0 Å². The first-order chi connectivity index (χ1) is 12.3. The van der Waals surface area contributed by atoms with Gasteiger partial charge in [0.25, 0.3) is 0 Å². The fourth-order valence-corrected chi connectivity index (χ4v) is 3.87. The average molecular weight is 343 g/mol. The summed E-state index contributed by atoms with van der Waals surface area (Å²) in [7, 11) is 0. The van der Waals surface area contributed by atoms with Crippen molar-refractivity contribution in [2.24, 2.45) is 0 Å². The molecule has 4 rings (SSSR count). The lowest BCUT2D eigenvalue weighted by Gasteiger charge is -2.36. The molecule has 0 saturated carbocycles. The van der Waals surface area contributed by atoms with Crippen LogP contribution in [0.25, 0.3) is 0 Å². The SMILES string of the molecule is CCc1nc2n(n1)CCCC2NC(=O)N1CCCCC1c1ccn[nH]1. The van der Waals surface area contributed by atoms with Crippen LogP contribution in [0.5, 0.6) is 0 Å². The minimum absolute atomic E-state index is 0.0150. The van der Waals surface area contributed by atoms with Gasteiger partial charge in [0.2, 0.25) is 0 Å². The van der Waals surface area contributed by atoms with E-state index in [1.54, 1.807) is 6.20 Å². The standard InChI is InChI=1S/C17H25N7O/c1-2-15-20-16-13(6-5-11-24(16)22-15)19-17(25)23-10-4-3-7-14(23)12-8-9-18-21-12/h8-9,13-14H,2-7,10-11H2,1H3,(H,18,21)(H,19,25). The van der Waals surface area contributed by atoms with Crippen LogP contribution in [0, 0.1) is 0 Å². The van der Waals surface area contributed by atoms with Crippen LogP contribution in [0.15, 0.2) is 12.3 Å². The number of H-pyrrole nitrogens is 1. The molecular weight excluding hydrogens is 318 g/mol. The van der Waals surface area contributed by atoms with Gasteiger partial charge in [0.1, 0.15) is 5.82 Å². The number of hydrogen-bond donors (Lipinski definition) is 2. The molecule has 1 saturated heterocycles. The number of piperidine rings is 1. The maximum absolute atomic E-state index is 13.0. The number of carbonyl (C=O) groups excluding carboxylic acids is 1. The van der Waals surface area contributed by atoms with Gasteiger partial charge >= 0.3 is 6.03 Å². The first-order valence-electron chi connectivity index (χ1n) is 9.26. The molecule has 1 fully saturated rings. The number of aromatic amines is 1. The van der Waals surface area contributed by atoms with Gasteiger partial charge in [0, 0.05) is 25.7 Å².